The molecule has 0 saturated heterocycles. The Hall–Kier alpha value is -0.900. The Morgan fingerprint density at radius 3 is 2.27 bits per heavy atom. The summed E-state index contributed by atoms with van der Waals surface area (Å²) < 4.78 is 5.35. The van der Waals surface area contributed by atoms with Gasteiger partial charge in [-0.2, -0.15) is 0 Å². The van der Waals surface area contributed by atoms with Gasteiger partial charge in [0.15, 0.2) is 5.85 Å². The molecule has 0 radical (unpaired) electrons. The molecule has 1 aromatic carbocycles. The Balaban J connectivity index is 3.21. The van der Waals surface area contributed by atoms with E-state index < -0.39 is 5.85 Å². The summed E-state index contributed by atoms with van der Waals surface area (Å²) in [6.45, 7) is 8.53. The summed E-state index contributed by atoms with van der Waals surface area (Å²) in [4.78, 5) is 0. The lowest BCUT2D eigenvalue weighted by atomic mass is 9.96. The summed E-state index contributed by atoms with van der Waals surface area (Å²) in [5.41, 5.74) is 16.3. The molecular formula is C12H20N2O. The van der Waals surface area contributed by atoms with Crippen molar-refractivity contribution < 1.29 is 4.74 Å². The van der Waals surface area contributed by atoms with Gasteiger partial charge < -0.3 is 4.74 Å². The van der Waals surface area contributed by atoms with Crippen LogP contribution < -0.4 is 11.5 Å². The Morgan fingerprint density at radius 1 is 1.13 bits per heavy atom. The Labute approximate surface area is 91.4 Å². The predicted molar refractivity (Wildman–Crippen MR) is 62.3 cm³/mol. The fourth-order valence-corrected chi connectivity index (χ4v) is 1.70. The van der Waals surface area contributed by atoms with Crippen molar-refractivity contribution >= 4 is 0 Å². The molecule has 0 aromatic heterocycles. The minimum absolute atomic E-state index is 0.499. The first-order chi connectivity index (χ1) is 6.90. The van der Waals surface area contributed by atoms with Crippen LogP contribution in [0.3, 0.4) is 0 Å². The van der Waals surface area contributed by atoms with Gasteiger partial charge in [0.05, 0.1) is 0 Å². The zero-order valence-corrected chi connectivity index (χ0v) is 9.92. The van der Waals surface area contributed by atoms with Crippen LogP contribution in [0.25, 0.3) is 0 Å². The molecule has 1 aromatic rings. The zero-order valence-electron chi connectivity index (χ0n) is 9.92. The number of ether oxygens (including phenoxy) is 1. The van der Waals surface area contributed by atoms with Crippen LogP contribution in [0.15, 0.2) is 12.1 Å². The molecule has 0 unspecified atom stereocenters. The molecule has 0 aliphatic carbocycles. The lowest BCUT2D eigenvalue weighted by Gasteiger charge is -2.27. The molecule has 0 bridgehead atoms. The molecule has 0 amide bonds. The standard InChI is InChI=1S/C12H20N2O/c1-5-15-12(13,14)11-7-6-8(2)9(3)10(11)4/h6-7H,5,13-14H2,1-4H3. The molecule has 3 heteroatoms. The van der Waals surface area contributed by atoms with Crippen LogP contribution in [0.4, 0.5) is 0 Å². The van der Waals surface area contributed by atoms with Crippen LogP contribution in [-0.4, -0.2) is 6.61 Å². The number of benzene rings is 1. The van der Waals surface area contributed by atoms with Gasteiger partial charge >= 0.3 is 0 Å². The molecule has 0 fully saturated rings. The second-order valence-corrected chi connectivity index (χ2v) is 3.91. The Kier molecular flexibility index (Phi) is 3.50. The van der Waals surface area contributed by atoms with Crippen LogP contribution in [0, 0.1) is 20.8 Å². The molecule has 1 rings (SSSR count). The average Bonchev–Trinajstić information content (AvgIpc) is 2.13. The largest absolute Gasteiger partial charge is 0.344 e. The number of aryl methyl sites for hydroxylation is 1. The maximum Gasteiger partial charge on any atom is 0.197 e. The molecule has 15 heavy (non-hydrogen) atoms. The number of rotatable bonds is 3. The van der Waals surface area contributed by atoms with E-state index in [-0.39, 0.29) is 0 Å². The van der Waals surface area contributed by atoms with Gasteiger partial charge in [-0.05, 0) is 44.4 Å². The molecule has 4 N–H and O–H groups in total. The van der Waals surface area contributed by atoms with Crippen molar-refractivity contribution in [2.45, 2.75) is 33.5 Å². The monoisotopic (exact) mass is 208 g/mol. The molecule has 0 aliphatic rings. The van der Waals surface area contributed by atoms with E-state index in [0.717, 1.165) is 11.1 Å². The third-order valence-corrected chi connectivity index (χ3v) is 2.86. The minimum atomic E-state index is -1.18. The molecule has 84 valence electrons. The third-order valence-electron chi connectivity index (χ3n) is 2.86. The van der Waals surface area contributed by atoms with E-state index in [9.17, 15) is 0 Å². The lowest BCUT2D eigenvalue weighted by Crippen LogP contribution is -2.49. The van der Waals surface area contributed by atoms with E-state index in [1.165, 1.54) is 11.1 Å². The van der Waals surface area contributed by atoms with Crippen molar-refractivity contribution in [3.05, 3.63) is 34.4 Å². The van der Waals surface area contributed by atoms with Crippen LogP contribution in [0.5, 0.6) is 0 Å². The predicted octanol–water partition coefficient (Wildman–Crippen LogP) is 1.68. The second kappa shape index (κ2) is 4.31. The highest BCUT2D eigenvalue weighted by molar-refractivity contribution is 5.41. The average molecular weight is 208 g/mol. The third kappa shape index (κ3) is 2.37. The van der Waals surface area contributed by atoms with Crippen LogP contribution in [-0.2, 0) is 10.6 Å². The first-order valence-corrected chi connectivity index (χ1v) is 5.19. The van der Waals surface area contributed by atoms with E-state index in [1.54, 1.807) is 0 Å². The Morgan fingerprint density at radius 2 is 1.73 bits per heavy atom. The SMILES string of the molecule is CCOC(N)(N)c1ccc(C)c(C)c1C. The Bertz CT molecular complexity index is 359. The quantitative estimate of drug-likeness (QED) is 0.743. The number of hydrogen-bond acceptors (Lipinski definition) is 3. The highest BCUT2D eigenvalue weighted by atomic mass is 16.5. The summed E-state index contributed by atoms with van der Waals surface area (Å²) in [6, 6.07) is 3.96. The van der Waals surface area contributed by atoms with E-state index in [2.05, 4.69) is 13.8 Å². The van der Waals surface area contributed by atoms with Crippen molar-refractivity contribution in [3.8, 4) is 0 Å². The van der Waals surface area contributed by atoms with Crippen molar-refractivity contribution in [1.82, 2.24) is 0 Å². The normalized spacial score (nSPS) is 11.9. The number of hydrogen-bond donors (Lipinski definition) is 2. The van der Waals surface area contributed by atoms with Gasteiger partial charge in [-0.3, -0.25) is 11.5 Å². The van der Waals surface area contributed by atoms with E-state index in [1.807, 2.05) is 26.0 Å². The minimum Gasteiger partial charge on any atom is -0.344 e. The van der Waals surface area contributed by atoms with Gasteiger partial charge in [0.25, 0.3) is 0 Å². The molecular weight excluding hydrogens is 188 g/mol. The van der Waals surface area contributed by atoms with E-state index in [4.69, 9.17) is 16.2 Å². The fourth-order valence-electron chi connectivity index (χ4n) is 1.70. The van der Waals surface area contributed by atoms with Gasteiger partial charge in [0, 0.05) is 12.2 Å². The van der Waals surface area contributed by atoms with Gasteiger partial charge in [-0.15, -0.1) is 0 Å². The topological polar surface area (TPSA) is 61.3 Å². The lowest BCUT2D eigenvalue weighted by molar-refractivity contribution is -0.0353. The highest BCUT2D eigenvalue weighted by Crippen LogP contribution is 2.23. The maximum atomic E-state index is 5.92. The van der Waals surface area contributed by atoms with Crippen molar-refractivity contribution in [2.24, 2.45) is 11.5 Å². The van der Waals surface area contributed by atoms with E-state index >= 15 is 0 Å². The first kappa shape index (κ1) is 12.2. The zero-order chi connectivity index (χ0) is 11.6. The van der Waals surface area contributed by atoms with Crippen molar-refractivity contribution in [2.75, 3.05) is 6.61 Å². The van der Waals surface area contributed by atoms with Gasteiger partial charge in [0.1, 0.15) is 0 Å². The van der Waals surface area contributed by atoms with Crippen LogP contribution in [0.2, 0.25) is 0 Å². The summed E-state index contributed by atoms with van der Waals surface area (Å²) in [5, 5.41) is 0. The molecule has 0 aliphatic heterocycles. The van der Waals surface area contributed by atoms with Gasteiger partial charge in [-0.1, -0.05) is 12.1 Å². The van der Waals surface area contributed by atoms with Crippen molar-refractivity contribution in [3.63, 3.8) is 0 Å². The molecule has 3 nitrogen and oxygen atoms in total. The van der Waals surface area contributed by atoms with Gasteiger partial charge in [0.2, 0.25) is 0 Å². The summed E-state index contributed by atoms with van der Waals surface area (Å²) >= 11 is 0. The molecule has 0 saturated carbocycles. The fraction of sp³-hybridized carbons (Fsp3) is 0.500. The number of nitrogens with two attached hydrogens (primary N) is 2. The first-order valence-electron chi connectivity index (χ1n) is 5.19. The molecule has 0 heterocycles. The van der Waals surface area contributed by atoms with Crippen molar-refractivity contribution in [1.29, 1.82) is 0 Å². The van der Waals surface area contributed by atoms with Gasteiger partial charge in [-0.25, -0.2) is 0 Å². The maximum absolute atomic E-state index is 5.92. The highest BCUT2D eigenvalue weighted by Gasteiger charge is 2.24. The summed E-state index contributed by atoms with van der Waals surface area (Å²) in [7, 11) is 0. The van der Waals surface area contributed by atoms with Crippen LogP contribution in [0.1, 0.15) is 29.2 Å². The summed E-state index contributed by atoms with van der Waals surface area (Å²) in [6.07, 6.45) is 0. The van der Waals surface area contributed by atoms with E-state index in [0.29, 0.717) is 6.61 Å². The summed E-state index contributed by atoms with van der Waals surface area (Å²) in [5.74, 6) is -1.18. The smallest absolute Gasteiger partial charge is 0.197 e. The van der Waals surface area contributed by atoms with Crippen LogP contribution >= 0.6 is 0 Å². The second-order valence-electron chi connectivity index (χ2n) is 3.91. The molecule has 0 atom stereocenters. The molecule has 0 spiro atoms.